The fourth-order valence-corrected chi connectivity index (χ4v) is 4.77. The van der Waals surface area contributed by atoms with Crippen LogP contribution in [-0.4, -0.2) is 44.1 Å². The summed E-state index contributed by atoms with van der Waals surface area (Å²) in [5.74, 6) is 0.846. The lowest BCUT2D eigenvalue weighted by atomic mass is 10.3. The van der Waals surface area contributed by atoms with Gasteiger partial charge in [-0.15, -0.1) is 0 Å². The number of aromatic nitrogens is 5. The van der Waals surface area contributed by atoms with Gasteiger partial charge in [0.2, 0.25) is 0 Å². The number of fused-ring (bicyclic) bond motifs is 2. The van der Waals surface area contributed by atoms with Crippen molar-refractivity contribution in [1.82, 2.24) is 24.9 Å². The van der Waals surface area contributed by atoms with Crippen LogP contribution in [-0.2, 0) is 6.42 Å². The van der Waals surface area contributed by atoms with E-state index in [4.69, 9.17) is 27.3 Å². The fourth-order valence-electron chi connectivity index (χ4n) is 3.66. The smallest absolute Gasteiger partial charge is 0.196 e. The third-order valence-corrected chi connectivity index (χ3v) is 6.38. The lowest BCUT2D eigenvalue weighted by molar-refractivity contribution is 0.751. The van der Waals surface area contributed by atoms with Crippen LogP contribution < -0.4 is 10.6 Å². The van der Waals surface area contributed by atoms with Crippen LogP contribution >= 0.6 is 23.4 Å². The number of H-pyrrole nitrogens is 1. The van der Waals surface area contributed by atoms with Gasteiger partial charge in [-0.2, -0.15) is 0 Å². The van der Waals surface area contributed by atoms with Crippen LogP contribution in [0.3, 0.4) is 0 Å². The molecule has 7 nitrogen and oxygen atoms in total. The summed E-state index contributed by atoms with van der Waals surface area (Å²) in [4.78, 5) is 25.0. The van der Waals surface area contributed by atoms with Crippen molar-refractivity contribution in [3.8, 4) is 0 Å². The van der Waals surface area contributed by atoms with Crippen molar-refractivity contribution < 1.29 is 0 Å². The third kappa shape index (κ3) is 3.41. The maximum atomic E-state index is 6.66. The third-order valence-electron chi connectivity index (χ3n) is 5.14. The first-order valence-electron chi connectivity index (χ1n) is 9.59. The molecule has 0 saturated carbocycles. The fraction of sp³-hybridized carbons (Fsp3) is 0.300. The summed E-state index contributed by atoms with van der Waals surface area (Å²) in [6.45, 7) is 3.70. The predicted octanol–water partition coefficient (Wildman–Crippen LogP) is 3.81. The van der Waals surface area contributed by atoms with E-state index in [0.717, 1.165) is 64.4 Å². The van der Waals surface area contributed by atoms with Gasteiger partial charge in [-0.25, -0.2) is 9.97 Å². The molecule has 5 rings (SSSR count). The molecule has 0 aliphatic carbocycles. The summed E-state index contributed by atoms with van der Waals surface area (Å²) >= 11 is 8.13. The van der Waals surface area contributed by atoms with E-state index >= 15 is 0 Å². The van der Waals surface area contributed by atoms with Crippen LogP contribution in [0.5, 0.6) is 0 Å². The average Bonchev–Trinajstić information content (AvgIpc) is 3.30. The van der Waals surface area contributed by atoms with Gasteiger partial charge in [-0.3, -0.25) is 9.97 Å². The molecule has 1 aliphatic rings. The summed E-state index contributed by atoms with van der Waals surface area (Å²) < 4.78 is 0. The van der Waals surface area contributed by atoms with Crippen molar-refractivity contribution >= 4 is 51.2 Å². The maximum Gasteiger partial charge on any atom is 0.196 e. The standard InChI is InChI=1S/C20H20ClN7S/c1-2-13-17(21)16-18(25-13)26-20(27-19(16)28-7-5-11(22)10-28)29-12-8-15-14(24-9-12)4-3-6-23-15/h3-4,6,8-9,11H,2,5,7,10,22H2,1H3,(H,25,26,27)/t11-/m0/s1. The molecule has 29 heavy (non-hydrogen) atoms. The van der Waals surface area contributed by atoms with E-state index in [1.54, 1.807) is 6.20 Å². The second kappa shape index (κ2) is 7.44. The van der Waals surface area contributed by atoms with Crippen molar-refractivity contribution in [3.05, 3.63) is 41.3 Å². The van der Waals surface area contributed by atoms with Gasteiger partial charge in [-0.1, -0.05) is 18.5 Å². The van der Waals surface area contributed by atoms with Crippen molar-refractivity contribution in [3.63, 3.8) is 0 Å². The molecule has 0 aromatic carbocycles. The molecule has 1 aliphatic heterocycles. The van der Waals surface area contributed by atoms with Gasteiger partial charge >= 0.3 is 0 Å². The highest BCUT2D eigenvalue weighted by Crippen LogP contribution is 2.37. The van der Waals surface area contributed by atoms with Crippen molar-refractivity contribution in [2.75, 3.05) is 18.0 Å². The van der Waals surface area contributed by atoms with Gasteiger partial charge in [-0.05, 0) is 42.8 Å². The predicted molar refractivity (Wildman–Crippen MR) is 117 cm³/mol. The van der Waals surface area contributed by atoms with Crippen LogP contribution in [0, 0.1) is 0 Å². The van der Waals surface area contributed by atoms with E-state index in [0.29, 0.717) is 10.2 Å². The summed E-state index contributed by atoms with van der Waals surface area (Å²) in [5, 5.41) is 2.22. The molecule has 1 atom stereocenters. The number of nitrogens with two attached hydrogens (primary N) is 1. The van der Waals surface area contributed by atoms with E-state index in [1.807, 2.05) is 24.4 Å². The highest BCUT2D eigenvalue weighted by molar-refractivity contribution is 7.99. The lowest BCUT2D eigenvalue weighted by Gasteiger charge is -2.18. The number of pyridine rings is 2. The molecule has 0 radical (unpaired) electrons. The van der Waals surface area contributed by atoms with Gasteiger partial charge < -0.3 is 15.6 Å². The molecular weight excluding hydrogens is 406 g/mol. The Hall–Kier alpha value is -2.42. The van der Waals surface area contributed by atoms with E-state index in [1.165, 1.54) is 11.8 Å². The van der Waals surface area contributed by atoms with Gasteiger partial charge in [0.05, 0.1) is 21.4 Å². The van der Waals surface area contributed by atoms with Gasteiger partial charge in [0.25, 0.3) is 0 Å². The summed E-state index contributed by atoms with van der Waals surface area (Å²) in [6, 6.07) is 5.98. The number of hydrogen-bond acceptors (Lipinski definition) is 7. The number of aromatic amines is 1. The molecular formula is C20H20ClN7S. The first-order valence-corrected chi connectivity index (χ1v) is 10.8. The number of rotatable bonds is 4. The number of hydrogen-bond donors (Lipinski definition) is 2. The molecule has 0 bridgehead atoms. The van der Waals surface area contributed by atoms with Gasteiger partial charge in [0.15, 0.2) is 5.16 Å². The molecule has 1 fully saturated rings. The average molecular weight is 426 g/mol. The number of aryl methyl sites for hydroxylation is 1. The molecule has 0 unspecified atom stereocenters. The minimum absolute atomic E-state index is 0.148. The normalized spacial score (nSPS) is 16.9. The van der Waals surface area contributed by atoms with E-state index in [2.05, 4.69) is 26.8 Å². The zero-order valence-corrected chi connectivity index (χ0v) is 17.5. The monoisotopic (exact) mass is 425 g/mol. The second-order valence-electron chi connectivity index (χ2n) is 7.13. The van der Waals surface area contributed by atoms with Crippen molar-refractivity contribution in [1.29, 1.82) is 0 Å². The second-order valence-corrected chi connectivity index (χ2v) is 8.55. The Labute approximate surface area is 177 Å². The minimum atomic E-state index is 0.148. The number of nitrogens with zero attached hydrogens (tertiary/aromatic N) is 5. The molecule has 5 heterocycles. The molecule has 9 heteroatoms. The van der Waals surface area contributed by atoms with E-state index < -0.39 is 0 Å². The Balaban J connectivity index is 1.59. The molecule has 3 N–H and O–H groups in total. The summed E-state index contributed by atoms with van der Waals surface area (Å²) in [5.41, 5.74) is 9.58. The van der Waals surface area contributed by atoms with Crippen LogP contribution in [0.25, 0.3) is 22.1 Å². The Kier molecular flexibility index (Phi) is 4.77. The molecule has 148 valence electrons. The zero-order chi connectivity index (χ0) is 20.0. The molecule has 0 amide bonds. The first kappa shape index (κ1) is 18.6. The first-order chi connectivity index (χ1) is 14.1. The Morgan fingerprint density at radius 1 is 1.31 bits per heavy atom. The quantitative estimate of drug-likeness (QED) is 0.480. The van der Waals surface area contributed by atoms with Gasteiger partial charge in [0, 0.05) is 42.1 Å². The summed E-state index contributed by atoms with van der Waals surface area (Å²) in [7, 11) is 0. The molecule has 4 aromatic rings. The van der Waals surface area contributed by atoms with Gasteiger partial charge in [0.1, 0.15) is 11.5 Å². The molecule has 0 spiro atoms. The van der Waals surface area contributed by atoms with Crippen molar-refractivity contribution in [2.45, 2.75) is 35.9 Å². The lowest BCUT2D eigenvalue weighted by Crippen LogP contribution is -2.27. The van der Waals surface area contributed by atoms with Crippen LogP contribution in [0.4, 0.5) is 5.82 Å². The Morgan fingerprint density at radius 3 is 3.00 bits per heavy atom. The van der Waals surface area contributed by atoms with Crippen LogP contribution in [0.2, 0.25) is 5.02 Å². The Morgan fingerprint density at radius 2 is 2.21 bits per heavy atom. The minimum Gasteiger partial charge on any atom is -0.354 e. The maximum absolute atomic E-state index is 6.66. The number of halogens is 1. The molecule has 4 aromatic heterocycles. The topological polar surface area (TPSA) is 96.6 Å². The van der Waals surface area contributed by atoms with E-state index in [9.17, 15) is 0 Å². The molecule has 1 saturated heterocycles. The highest BCUT2D eigenvalue weighted by Gasteiger charge is 2.26. The SMILES string of the molecule is CCc1[nH]c2nc(Sc3cnc4cccnc4c3)nc(N3CC[C@H](N)C3)c2c1Cl. The zero-order valence-electron chi connectivity index (χ0n) is 15.9. The number of anilines is 1. The van der Waals surface area contributed by atoms with Crippen LogP contribution in [0.1, 0.15) is 19.0 Å². The van der Waals surface area contributed by atoms with Crippen molar-refractivity contribution in [2.24, 2.45) is 5.73 Å². The summed E-state index contributed by atoms with van der Waals surface area (Å²) in [6.07, 6.45) is 5.34. The van der Waals surface area contributed by atoms with Crippen LogP contribution in [0.15, 0.2) is 40.6 Å². The Bertz CT molecular complexity index is 1210. The largest absolute Gasteiger partial charge is 0.354 e. The van der Waals surface area contributed by atoms with E-state index in [-0.39, 0.29) is 6.04 Å². The number of nitrogens with one attached hydrogen (secondary N) is 1. The highest BCUT2D eigenvalue weighted by atomic mass is 35.5.